The molecule has 0 saturated carbocycles. The minimum Gasteiger partial charge on any atom is -0.339 e. The van der Waals surface area contributed by atoms with E-state index < -0.39 is 11.7 Å². The van der Waals surface area contributed by atoms with E-state index in [-0.39, 0.29) is 10.7 Å². The average Bonchev–Trinajstić information content (AvgIpc) is 2.56. The lowest BCUT2D eigenvalue weighted by Crippen LogP contribution is -2.35. The Balaban J connectivity index is 1.81. The van der Waals surface area contributed by atoms with Crippen LogP contribution in [0, 0.1) is 5.92 Å². The Hall–Kier alpha value is -2.09. The highest BCUT2D eigenvalue weighted by molar-refractivity contribution is 6.31. The van der Waals surface area contributed by atoms with E-state index in [4.69, 9.17) is 11.6 Å². The number of piperidine rings is 1. The topological polar surface area (TPSA) is 53.9 Å². The maximum Gasteiger partial charge on any atom is 0.417 e. The second-order valence-corrected chi connectivity index (χ2v) is 6.56. The van der Waals surface area contributed by atoms with Gasteiger partial charge < -0.3 is 10.2 Å². The predicted octanol–water partition coefficient (Wildman–Crippen LogP) is 4.52. The minimum atomic E-state index is -4.52. The molecule has 5 nitrogen and oxygen atoms in total. The Morgan fingerprint density at radius 1 is 1.32 bits per heavy atom. The Labute approximate surface area is 148 Å². The van der Waals surface area contributed by atoms with Crippen molar-refractivity contribution in [1.82, 2.24) is 15.2 Å². The number of aromatic nitrogens is 3. The molecule has 1 aromatic carbocycles. The molecular formula is C16H17ClF3N5. The third-order valence-electron chi connectivity index (χ3n) is 4.03. The number of benzene rings is 1. The quantitative estimate of drug-likeness (QED) is 0.859. The molecule has 1 aromatic heterocycles. The van der Waals surface area contributed by atoms with Crippen molar-refractivity contribution in [2.45, 2.75) is 25.9 Å². The number of hydrogen-bond acceptors (Lipinski definition) is 5. The molecule has 1 fully saturated rings. The standard InChI is InChI=1S/C16H17ClF3N5/c1-10-3-2-6-25(9-10)15-23-14(8-21-24-15)22-11-4-5-13(17)12(7-11)16(18,19)20/h4-5,7-8,10H,2-3,6,9H2,1H3,(H,22,23,24). The first-order valence-electron chi connectivity index (χ1n) is 7.91. The van der Waals surface area contributed by atoms with Crippen LogP contribution in [0.3, 0.4) is 0 Å². The van der Waals surface area contributed by atoms with Gasteiger partial charge in [0.05, 0.1) is 16.8 Å². The highest BCUT2D eigenvalue weighted by Gasteiger charge is 2.33. The molecule has 0 bridgehead atoms. The van der Waals surface area contributed by atoms with Crippen LogP contribution < -0.4 is 10.2 Å². The van der Waals surface area contributed by atoms with Crippen molar-refractivity contribution in [2.24, 2.45) is 5.92 Å². The zero-order chi connectivity index (χ0) is 18.0. The molecule has 1 aliphatic rings. The van der Waals surface area contributed by atoms with Gasteiger partial charge in [0, 0.05) is 18.8 Å². The number of hydrogen-bond donors (Lipinski definition) is 1. The molecule has 1 saturated heterocycles. The smallest absolute Gasteiger partial charge is 0.339 e. The molecule has 2 heterocycles. The van der Waals surface area contributed by atoms with E-state index in [1.165, 1.54) is 18.3 Å². The van der Waals surface area contributed by atoms with Crippen molar-refractivity contribution in [3.8, 4) is 0 Å². The van der Waals surface area contributed by atoms with Crippen molar-refractivity contribution in [3.05, 3.63) is 35.0 Å². The molecule has 2 aromatic rings. The molecule has 0 radical (unpaired) electrons. The largest absolute Gasteiger partial charge is 0.417 e. The summed E-state index contributed by atoms with van der Waals surface area (Å²) in [5.41, 5.74) is -0.665. The van der Waals surface area contributed by atoms with Gasteiger partial charge in [-0.3, -0.25) is 0 Å². The zero-order valence-corrected chi connectivity index (χ0v) is 14.3. The number of alkyl halides is 3. The maximum absolute atomic E-state index is 13.0. The maximum atomic E-state index is 13.0. The van der Waals surface area contributed by atoms with E-state index in [1.807, 2.05) is 4.90 Å². The van der Waals surface area contributed by atoms with Crippen LogP contribution in [-0.2, 0) is 6.18 Å². The number of anilines is 3. The second kappa shape index (κ2) is 7.03. The van der Waals surface area contributed by atoms with Crippen LogP contribution in [0.15, 0.2) is 24.4 Å². The summed E-state index contributed by atoms with van der Waals surface area (Å²) in [5.74, 6) is 1.35. The normalized spacial score (nSPS) is 18.3. The predicted molar refractivity (Wildman–Crippen MR) is 90.2 cm³/mol. The first-order valence-corrected chi connectivity index (χ1v) is 8.29. The van der Waals surface area contributed by atoms with Crippen LogP contribution >= 0.6 is 11.6 Å². The van der Waals surface area contributed by atoms with Gasteiger partial charge in [0.1, 0.15) is 0 Å². The Morgan fingerprint density at radius 2 is 2.12 bits per heavy atom. The zero-order valence-electron chi connectivity index (χ0n) is 13.5. The fourth-order valence-corrected chi connectivity index (χ4v) is 3.05. The van der Waals surface area contributed by atoms with Gasteiger partial charge in [-0.15, -0.1) is 5.10 Å². The summed E-state index contributed by atoms with van der Waals surface area (Å²) in [6, 6.07) is 3.62. The van der Waals surface area contributed by atoms with Crippen LogP contribution in [0.5, 0.6) is 0 Å². The number of nitrogens with one attached hydrogen (secondary N) is 1. The summed E-state index contributed by atoms with van der Waals surface area (Å²) in [6.07, 6.45) is -0.937. The fraction of sp³-hybridized carbons (Fsp3) is 0.438. The molecule has 0 amide bonds. The first kappa shape index (κ1) is 17.7. The third kappa shape index (κ3) is 4.31. The van der Waals surface area contributed by atoms with Crippen molar-refractivity contribution in [2.75, 3.05) is 23.3 Å². The molecule has 0 spiro atoms. The summed E-state index contributed by atoms with van der Waals surface area (Å²) in [4.78, 5) is 6.40. The number of halogens is 4. The molecule has 0 aliphatic carbocycles. The Morgan fingerprint density at radius 3 is 2.84 bits per heavy atom. The SMILES string of the molecule is CC1CCCN(c2nncc(Nc3ccc(Cl)c(C(F)(F)F)c3)n2)C1. The highest BCUT2D eigenvalue weighted by atomic mass is 35.5. The fourth-order valence-electron chi connectivity index (χ4n) is 2.83. The Kier molecular flexibility index (Phi) is 4.99. The van der Waals surface area contributed by atoms with Gasteiger partial charge >= 0.3 is 6.18 Å². The molecule has 134 valence electrons. The van der Waals surface area contributed by atoms with E-state index in [1.54, 1.807) is 0 Å². The van der Waals surface area contributed by atoms with Crippen molar-refractivity contribution in [1.29, 1.82) is 0 Å². The van der Waals surface area contributed by atoms with Crippen molar-refractivity contribution < 1.29 is 13.2 Å². The van der Waals surface area contributed by atoms with Gasteiger partial charge in [-0.2, -0.15) is 23.3 Å². The van der Waals surface area contributed by atoms with Gasteiger partial charge in [-0.1, -0.05) is 18.5 Å². The summed E-state index contributed by atoms with van der Waals surface area (Å²) >= 11 is 5.63. The van der Waals surface area contributed by atoms with Crippen molar-refractivity contribution >= 4 is 29.1 Å². The van der Waals surface area contributed by atoms with E-state index >= 15 is 0 Å². The van der Waals surface area contributed by atoms with Crippen LogP contribution in [0.25, 0.3) is 0 Å². The van der Waals surface area contributed by atoms with Crippen LogP contribution in [-0.4, -0.2) is 28.3 Å². The van der Waals surface area contributed by atoms with Gasteiger partial charge in [0.15, 0.2) is 5.82 Å². The molecule has 1 atom stereocenters. The minimum absolute atomic E-state index is 0.232. The number of rotatable bonds is 3. The lowest BCUT2D eigenvalue weighted by molar-refractivity contribution is -0.137. The van der Waals surface area contributed by atoms with E-state index in [0.29, 0.717) is 17.7 Å². The summed E-state index contributed by atoms with van der Waals surface area (Å²) in [6.45, 7) is 3.84. The monoisotopic (exact) mass is 371 g/mol. The summed E-state index contributed by atoms with van der Waals surface area (Å²) in [5, 5.41) is 10.4. The number of nitrogens with zero attached hydrogens (tertiary/aromatic N) is 4. The van der Waals surface area contributed by atoms with Crippen LogP contribution in [0.4, 0.5) is 30.6 Å². The molecule has 1 aliphatic heterocycles. The van der Waals surface area contributed by atoms with Crippen LogP contribution in [0.2, 0.25) is 5.02 Å². The average molecular weight is 372 g/mol. The molecule has 9 heteroatoms. The van der Waals surface area contributed by atoms with Crippen LogP contribution in [0.1, 0.15) is 25.3 Å². The van der Waals surface area contributed by atoms with E-state index in [9.17, 15) is 13.2 Å². The lowest BCUT2D eigenvalue weighted by atomic mass is 10.0. The van der Waals surface area contributed by atoms with Gasteiger partial charge in [-0.05, 0) is 37.0 Å². The summed E-state index contributed by atoms with van der Waals surface area (Å²) < 4.78 is 38.9. The molecule has 1 unspecified atom stereocenters. The van der Waals surface area contributed by atoms with Gasteiger partial charge in [0.25, 0.3) is 0 Å². The highest BCUT2D eigenvalue weighted by Crippen LogP contribution is 2.36. The molecule has 1 N–H and O–H groups in total. The molecule has 3 rings (SSSR count). The van der Waals surface area contributed by atoms with E-state index in [0.717, 1.165) is 32.0 Å². The lowest BCUT2D eigenvalue weighted by Gasteiger charge is -2.30. The van der Waals surface area contributed by atoms with Gasteiger partial charge in [0.2, 0.25) is 5.95 Å². The molecule has 25 heavy (non-hydrogen) atoms. The first-order chi connectivity index (χ1) is 11.8. The van der Waals surface area contributed by atoms with Gasteiger partial charge in [-0.25, -0.2) is 0 Å². The van der Waals surface area contributed by atoms with E-state index in [2.05, 4.69) is 27.4 Å². The summed E-state index contributed by atoms with van der Waals surface area (Å²) in [7, 11) is 0. The Bertz CT molecular complexity index is 753. The second-order valence-electron chi connectivity index (χ2n) is 6.15. The molecular weight excluding hydrogens is 355 g/mol. The van der Waals surface area contributed by atoms with Crippen molar-refractivity contribution in [3.63, 3.8) is 0 Å². The third-order valence-corrected chi connectivity index (χ3v) is 4.36.